The van der Waals surface area contributed by atoms with Crippen molar-refractivity contribution in [3.05, 3.63) is 0 Å². The minimum absolute atomic E-state index is 0.775. The van der Waals surface area contributed by atoms with Crippen LogP contribution in [-0.4, -0.2) is 124 Å². The predicted octanol–water partition coefficient (Wildman–Crippen LogP) is -2.18. The van der Waals surface area contributed by atoms with E-state index in [2.05, 4.69) is 19.6 Å². The van der Waals surface area contributed by atoms with Crippen molar-refractivity contribution in [2.45, 2.75) is 12.8 Å². The average Bonchev–Trinajstić information content (AvgIpc) is 2.68. The molecule has 0 amide bonds. The molecular formula is C18H44N8. The van der Waals surface area contributed by atoms with Crippen LogP contribution in [0.3, 0.4) is 0 Å². The van der Waals surface area contributed by atoms with Crippen molar-refractivity contribution in [2.75, 3.05) is 105 Å². The first kappa shape index (κ1) is 23.7. The molecule has 0 aromatic carbocycles. The number of nitrogens with zero attached hydrogens (tertiary/aromatic N) is 4. The molecule has 0 atom stereocenters. The molecule has 2 fully saturated rings. The lowest BCUT2D eigenvalue weighted by molar-refractivity contribution is 0.131. The van der Waals surface area contributed by atoms with Crippen LogP contribution in [-0.2, 0) is 0 Å². The van der Waals surface area contributed by atoms with Crippen molar-refractivity contribution >= 4 is 0 Å². The third-order valence-corrected chi connectivity index (χ3v) is 5.18. The lowest BCUT2D eigenvalue weighted by atomic mass is 10.2. The molecule has 8 nitrogen and oxygen atoms in total. The van der Waals surface area contributed by atoms with Gasteiger partial charge in [0.05, 0.1) is 0 Å². The molecule has 0 aromatic heterocycles. The smallest absolute Gasteiger partial charge is 0.0110 e. The fraction of sp³-hybridized carbons (Fsp3) is 1.00. The van der Waals surface area contributed by atoms with Crippen LogP contribution in [0.1, 0.15) is 12.8 Å². The Morgan fingerprint density at radius 3 is 0.885 bits per heavy atom. The molecule has 156 valence electrons. The van der Waals surface area contributed by atoms with Gasteiger partial charge in [0.25, 0.3) is 0 Å². The number of rotatable bonds is 10. The Labute approximate surface area is 160 Å². The van der Waals surface area contributed by atoms with Gasteiger partial charge in [0.1, 0.15) is 0 Å². The van der Waals surface area contributed by atoms with Crippen molar-refractivity contribution in [1.29, 1.82) is 0 Å². The molecule has 2 heterocycles. The van der Waals surface area contributed by atoms with Gasteiger partial charge < -0.3 is 32.7 Å². The highest BCUT2D eigenvalue weighted by atomic mass is 15.3. The molecule has 2 aliphatic heterocycles. The first-order valence-electron chi connectivity index (χ1n) is 10.4. The first-order valence-corrected chi connectivity index (χ1v) is 10.4. The van der Waals surface area contributed by atoms with E-state index in [4.69, 9.17) is 22.9 Å². The molecule has 0 bridgehead atoms. The predicted molar refractivity (Wildman–Crippen MR) is 111 cm³/mol. The lowest BCUT2D eigenvalue weighted by Gasteiger charge is -2.34. The van der Waals surface area contributed by atoms with E-state index in [1.807, 2.05) is 0 Å². The second-order valence-corrected chi connectivity index (χ2v) is 7.23. The highest BCUT2D eigenvalue weighted by molar-refractivity contribution is 4.72. The van der Waals surface area contributed by atoms with Crippen LogP contribution >= 0.6 is 0 Å². The fourth-order valence-electron chi connectivity index (χ4n) is 3.47. The van der Waals surface area contributed by atoms with Crippen LogP contribution in [0, 0.1) is 0 Å². The summed E-state index contributed by atoms with van der Waals surface area (Å²) in [6, 6.07) is 0. The van der Waals surface area contributed by atoms with Crippen molar-refractivity contribution in [2.24, 2.45) is 22.9 Å². The van der Waals surface area contributed by atoms with Crippen LogP contribution in [0.25, 0.3) is 0 Å². The van der Waals surface area contributed by atoms with E-state index in [1.165, 1.54) is 39.3 Å². The molecule has 8 heteroatoms. The Bertz CT molecular complexity index is 272. The molecule has 26 heavy (non-hydrogen) atoms. The maximum absolute atomic E-state index is 5.49. The van der Waals surface area contributed by atoms with Crippen LogP contribution < -0.4 is 22.9 Å². The summed E-state index contributed by atoms with van der Waals surface area (Å²) in [5.41, 5.74) is 21.9. The standard InChI is InChI=1S/C10H24N4.C8H20N4/c11-3-1-5-13-7-9-14(10-8-13)6-2-4-12;9-1-3-11-5-7-12(4-2-10)8-6-11/h1-12H2;1-10H2. The molecular weight excluding hydrogens is 328 g/mol. The molecule has 8 N–H and O–H groups in total. The van der Waals surface area contributed by atoms with Crippen LogP contribution in [0.5, 0.6) is 0 Å². The summed E-state index contributed by atoms with van der Waals surface area (Å²) >= 11 is 0. The number of nitrogens with two attached hydrogens (primary N) is 4. The quantitative estimate of drug-likeness (QED) is 0.342. The lowest BCUT2D eigenvalue weighted by Crippen LogP contribution is -2.48. The Morgan fingerprint density at radius 1 is 0.385 bits per heavy atom. The Morgan fingerprint density at radius 2 is 0.654 bits per heavy atom. The zero-order chi connectivity index (χ0) is 19.0. The molecule has 2 saturated heterocycles. The molecule has 0 spiro atoms. The molecule has 2 aliphatic rings. The van der Waals surface area contributed by atoms with Gasteiger partial charge in [0.15, 0.2) is 0 Å². The SMILES string of the molecule is NCCCN1CCN(CCCN)CC1.NCCN1CCN(CCN)CC1. The minimum Gasteiger partial charge on any atom is -0.330 e. The van der Waals surface area contributed by atoms with E-state index in [0.29, 0.717) is 0 Å². The van der Waals surface area contributed by atoms with E-state index >= 15 is 0 Å². The summed E-state index contributed by atoms with van der Waals surface area (Å²) < 4.78 is 0. The van der Waals surface area contributed by atoms with Gasteiger partial charge in [-0.3, -0.25) is 9.80 Å². The zero-order valence-corrected chi connectivity index (χ0v) is 16.8. The maximum Gasteiger partial charge on any atom is 0.0110 e. The number of piperazine rings is 2. The molecule has 0 aliphatic carbocycles. The molecule has 0 radical (unpaired) electrons. The second kappa shape index (κ2) is 15.7. The van der Waals surface area contributed by atoms with Gasteiger partial charge in [0, 0.05) is 78.5 Å². The van der Waals surface area contributed by atoms with Crippen molar-refractivity contribution < 1.29 is 0 Å². The molecule has 0 aromatic rings. The molecule has 2 rings (SSSR count). The summed E-state index contributed by atoms with van der Waals surface area (Å²) in [5, 5.41) is 0. The van der Waals surface area contributed by atoms with Gasteiger partial charge in [-0.15, -0.1) is 0 Å². The van der Waals surface area contributed by atoms with E-state index < -0.39 is 0 Å². The summed E-state index contributed by atoms with van der Waals surface area (Å²) in [6.45, 7) is 17.0. The highest BCUT2D eigenvalue weighted by Gasteiger charge is 2.15. The largest absolute Gasteiger partial charge is 0.330 e. The van der Waals surface area contributed by atoms with E-state index in [0.717, 1.165) is 78.3 Å². The Kier molecular flexibility index (Phi) is 14.3. The van der Waals surface area contributed by atoms with Gasteiger partial charge in [0.2, 0.25) is 0 Å². The van der Waals surface area contributed by atoms with Crippen molar-refractivity contribution in [1.82, 2.24) is 19.6 Å². The Hall–Kier alpha value is -0.320. The van der Waals surface area contributed by atoms with Gasteiger partial charge in [-0.1, -0.05) is 0 Å². The van der Waals surface area contributed by atoms with Crippen LogP contribution in [0.15, 0.2) is 0 Å². The topological polar surface area (TPSA) is 117 Å². The zero-order valence-electron chi connectivity index (χ0n) is 16.8. The monoisotopic (exact) mass is 372 g/mol. The highest BCUT2D eigenvalue weighted by Crippen LogP contribution is 2.02. The second-order valence-electron chi connectivity index (χ2n) is 7.23. The summed E-state index contributed by atoms with van der Waals surface area (Å²) in [6.07, 6.45) is 2.26. The number of hydrogen-bond acceptors (Lipinski definition) is 8. The minimum atomic E-state index is 0.775. The normalized spacial score (nSPS) is 20.8. The van der Waals surface area contributed by atoms with E-state index in [-0.39, 0.29) is 0 Å². The summed E-state index contributed by atoms with van der Waals surface area (Å²) in [5.74, 6) is 0. The average molecular weight is 373 g/mol. The number of hydrogen-bond donors (Lipinski definition) is 4. The third kappa shape index (κ3) is 10.7. The van der Waals surface area contributed by atoms with E-state index in [9.17, 15) is 0 Å². The van der Waals surface area contributed by atoms with Crippen LogP contribution in [0.4, 0.5) is 0 Å². The van der Waals surface area contributed by atoms with Gasteiger partial charge in [-0.05, 0) is 39.0 Å². The van der Waals surface area contributed by atoms with Gasteiger partial charge >= 0.3 is 0 Å². The van der Waals surface area contributed by atoms with Crippen molar-refractivity contribution in [3.63, 3.8) is 0 Å². The third-order valence-electron chi connectivity index (χ3n) is 5.18. The molecule has 0 saturated carbocycles. The summed E-state index contributed by atoms with van der Waals surface area (Å²) in [7, 11) is 0. The molecule has 0 unspecified atom stereocenters. The Balaban J connectivity index is 0.000000263. The van der Waals surface area contributed by atoms with E-state index in [1.54, 1.807) is 0 Å². The fourth-order valence-corrected chi connectivity index (χ4v) is 3.47. The van der Waals surface area contributed by atoms with Crippen molar-refractivity contribution in [3.8, 4) is 0 Å². The summed E-state index contributed by atoms with van der Waals surface area (Å²) in [4.78, 5) is 9.83. The maximum atomic E-state index is 5.49. The van der Waals surface area contributed by atoms with Gasteiger partial charge in [-0.2, -0.15) is 0 Å². The first-order chi connectivity index (χ1) is 12.7. The van der Waals surface area contributed by atoms with Gasteiger partial charge in [-0.25, -0.2) is 0 Å². The van der Waals surface area contributed by atoms with Crippen LogP contribution in [0.2, 0.25) is 0 Å².